The van der Waals surface area contributed by atoms with Crippen molar-refractivity contribution in [1.82, 2.24) is 10.6 Å². The van der Waals surface area contributed by atoms with Gasteiger partial charge in [0.25, 0.3) is 0 Å². The Bertz CT molecular complexity index is 211. The first-order valence-electron chi connectivity index (χ1n) is 6.01. The van der Waals surface area contributed by atoms with Crippen LogP contribution in [0, 0.1) is 0 Å². The van der Waals surface area contributed by atoms with Crippen molar-refractivity contribution in [3.63, 3.8) is 0 Å². The van der Waals surface area contributed by atoms with E-state index in [0.717, 1.165) is 25.8 Å². The van der Waals surface area contributed by atoms with E-state index in [0.29, 0.717) is 18.7 Å². The van der Waals surface area contributed by atoms with Crippen molar-refractivity contribution in [3.05, 3.63) is 0 Å². The molecule has 1 saturated heterocycles. The van der Waals surface area contributed by atoms with Crippen LogP contribution in [-0.4, -0.2) is 31.3 Å². The Labute approximate surface area is 90.8 Å². The second-order valence-corrected chi connectivity index (χ2v) is 4.52. The molecule has 0 radical (unpaired) electrons. The molecule has 0 spiro atoms. The van der Waals surface area contributed by atoms with E-state index in [4.69, 9.17) is 4.74 Å². The van der Waals surface area contributed by atoms with E-state index < -0.39 is 0 Å². The van der Waals surface area contributed by atoms with E-state index in [2.05, 4.69) is 10.6 Å². The average molecular weight is 212 g/mol. The topological polar surface area (TPSA) is 50.4 Å². The molecule has 2 rings (SSSR count). The molecule has 1 saturated carbocycles. The van der Waals surface area contributed by atoms with Gasteiger partial charge in [0, 0.05) is 12.1 Å². The summed E-state index contributed by atoms with van der Waals surface area (Å²) in [4.78, 5) is 11.3. The van der Waals surface area contributed by atoms with Crippen LogP contribution in [0.15, 0.2) is 0 Å². The van der Waals surface area contributed by atoms with Crippen LogP contribution < -0.4 is 10.6 Å². The van der Waals surface area contributed by atoms with Crippen LogP contribution in [0.1, 0.15) is 38.5 Å². The Kier molecular flexibility index (Phi) is 3.83. The van der Waals surface area contributed by atoms with E-state index >= 15 is 0 Å². The number of carbonyl (C=O) groups is 1. The van der Waals surface area contributed by atoms with Crippen LogP contribution in [-0.2, 0) is 4.74 Å². The van der Waals surface area contributed by atoms with Gasteiger partial charge >= 0.3 is 6.09 Å². The second kappa shape index (κ2) is 5.35. The summed E-state index contributed by atoms with van der Waals surface area (Å²) < 4.78 is 5.18. The molecule has 86 valence electrons. The molecule has 1 amide bonds. The average Bonchev–Trinajstić information content (AvgIpc) is 2.22. The van der Waals surface area contributed by atoms with E-state index in [1.165, 1.54) is 19.3 Å². The van der Waals surface area contributed by atoms with Gasteiger partial charge in [-0.1, -0.05) is 6.42 Å². The number of hydrogen-bond acceptors (Lipinski definition) is 3. The molecular weight excluding hydrogens is 192 g/mol. The van der Waals surface area contributed by atoms with Gasteiger partial charge in [-0.15, -0.1) is 0 Å². The third-order valence-electron chi connectivity index (χ3n) is 3.26. The highest BCUT2D eigenvalue weighted by atomic mass is 16.5. The van der Waals surface area contributed by atoms with Crippen molar-refractivity contribution >= 4 is 6.09 Å². The normalized spacial score (nSPS) is 26.8. The summed E-state index contributed by atoms with van der Waals surface area (Å²) in [7, 11) is 0. The Hall–Kier alpha value is -0.770. The van der Waals surface area contributed by atoms with E-state index in [1.54, 1.807) is 0 Å². The monoisotopic (exact) mass is 212 g/mol. The fourth-order valence-corrected chi connectivity index (χ4v) is 2.00. The number of hydrogen-bond donors (Lipinski definition) is 2. The number of rotatable bonds is 3. The molecule has 0 aromatic rings. The molecule has 2 aliphatic rings. The Morgan fingerprint density at radius 2 is 2.13 bits per heavy atom. The van der Waals surface area contributed by atoms with Gasteiger partial charge in [-0.2, -0.15) is 0 Å². The van der Waals surface area contributed by atoms with Crippen LogP contribution >= 0.6 is 0 Å². The van der Waals surface area contributed by atoms with E-state index in [-0.39, 0.29) is 6.09 Å². The molecule has 1 aliphatic heterocycles. The Morgan fingerprint density at radius 1 is 1.27 bits per heavy atom. The van der Waals surface area contributed by atoms with Crippen LogP contribution in [0.25, 0.3) is 0 Å². The lowest BCUT2D eigenvalue weighted by Gasteiger charge is -2.27. The lowest BCUT2D eigenvalue weighted by molar-refractivity contribution is 0.120. The first-order chi connectivity index (χ1) is 7.34. The fourth-order valence-electron chi connectivity index (χ4n) is 2.00. The fraction of sp³-hybridized carbons (Fsp3) is 0.909. The van der Waals surface area contributed by atoms with Crippen molar-refractivity contribution in [1.29, 1.82) is 0 Å². The molecule has 1 aliphatic carbocycles. The van der Waals surface area contributed by atoms with Crippen LogP contribution in [0.5, 0.6) is 0 Å². The number of ether oxygens (including phenoxy) is 1. The van der Waals surface area contributed by atoms with E-state index in [9.17, 15) is 4.79 Å². The number of carbonyl (C=O) groups excluding carboxylic acids is 1. The molecule has 0 aromatic carbocycles. The van der Waals surface area contributed by atoms with Gasteiger partial charge in [-0.25, -0.2) is 4.79 Å². The smallest absolute Gasteiger partial charge is 0.407 e. The standard InChI is InChI=1S/C11H20N2O2/c14-11(13-9-5-3-6-9)15-8-10-4-1-2-7-12-10/h9-10,12H,1-8H2,(H,13,14). The first-order valence-corrected chi connectivity index (χ1v) is 6.01. The number of piperidine rings is 1. The second-order valence-electron chi connectivity index (χ2n) is 4.52. The highest BCUT2D eigenvalue weighted by Gasteiger charge is 2.21. The molecule has 1 atom stereocenters. The highest BCUT2D eigenvalue weighted by molar-refractivity contribution is 5.67. The molecule has 2 N–H and O–H groups in total. The summed E-state index contributed by atoms with van der Waals surface area (Å²) in [5.74, 6) is 0. The summed E-state index contributed by atoms with van der Waals surface area (Å²) in [6, 6.07) is 0.739. The van der Waals surface area contributed by atoms with Crippen LogP contribution in [0.3, 0.4) is 0 Å². The van der Waals surface area contributed by atoms with Gasteiger partial charge in [-0.05, 0) is 38.6 Å². The SMILES string of the molecule is O=C(NC1CCC1)OCC1CCCCN1. The lowest BCUT2D eigenvalue weighted by atomic mass is 9.93. The van der Waals surface area contributed by atoms with Crippen molar-refractivity contribution in [2.75, 3.05) is 13.2 Å². The zero-order chi connectivity index (χ0) is 10.5. The zero-order valence-corrected chi connectivity index (χ0v) is 9.13. The Balaban J connectivity index is 1.57. The predicted octanol–water partition coefficient (Wildman–Crippen LogP) is 1.41. The molecular formula is C11H20N2O2. The summed E-state index contributed by atoms with van der Waals surface area (Å²) in [5.41, 5.74) is 0. The maximum absolute atomic E-state index is 11.3. The summed E-state index contributed by atoms with van der Waals surface area (Å²) in [5, 5.41) is 6.22. The molecule has 1 unspecified atom stereocenters. The molecule has 0 bridgehead atoms. The number of amides is 1. The quantitative estimate of drug-likeness (QED) is 0.743. The van der Waals surface area contributed by atoms with Gasteiger partial charge in [-0.3, -0.25) is 0 Å². The molecule has 2 fully saturated rings. The summed E-state index contributed by atoms with van der Waals surface area (Å²) >= 11 is 0. The van der Waals surface area contributed by atoms with Crippen molar-refractivity contribution in [3.8, 4) is 0 Å². The van der Waals surface area contributed by atoms with Crippen LogP contribution in [0.2, 0.25) is 0 Å². The van der Waals surface area contributed by atoms with E-state index in [1.807, 2.05) is 0 Å². The minimum absolute atomic E-state index is 0.243. The molecule has 4 nitrogen and oxygen atoms in total. The van der Waals surface area contributed by atoms with Gasteiger partial charge in [0.2, 0.25) is 0 Å². The molecule has 1 heterocycles. The van der Waals surface area contributed by atoms with Crippen molar-refractivity contribution in [2.45, 2.75) is 50.6 Å². The largest absolute Gasteiger partial charge is 0.448 e. The maximum Gasteiger partial charge on any atom is 0.407 e. The molecule has 0 aromatic heterocycles. The van der Waals surface area contributed by atoms with Crippen LogP contribution in [0.4, 0.5) is 4.79 Å². The summed E-state index contributed by atoms with van der Waals surface area (Å²) in [6.07, 6.45) is 6.81. The maximum atomic E-state index is 11.3. The summed E-state index contributed by atoms with van der Waals surface area (Å²) in [6.45, 7) is 1.57. The number of alkyl carbamates (subject to hydrolysis) is 1. The predicted molar refractivity (Wildman–Crippen MR) is 57.8 cm³/mol. The third-order valence-corrected chi connectivity index (χ3v) is 3.26. The number of nitrogens with one attached hydrogen (secondary N) is 2. The van der Waals surface area contributed by atoms with Crippen molar-refractivity contribution in [2.24, 2.45) is 0 Å². The minimum atomic E-state index is -0.243. The van der Waals surface area contributed by atoms with Gasteiger partial charge in [0.05, 0.1) is 0 Å². The van der Waals surface area contributed by atoms with Gasteiger partial charge in [0.1, 0.15) is 6.61 Å². The molecule has 4 heteroatoms. The minimum Gasteiger partial charge on any atom is -0.448 e. The third kappa shape index (κ3) is 3.38. The van der Waals surface area contributed by atoms with Gasteiger partial charge in [0.15, 0.2) is 0 Å². The lowest BCUT2D eigenvalue weighted by Crippen LogP contribution is -2.43. The molecule has 15 heavy (non-hydrogen) atoms. The van der Waals surface area contributed by atoms with Crippen molar-refractivity contribution < 1.29 is 9.53 Å². The first kappa shape index (κ1) is 10.7. The zero-order valence-electron chi connectivity index (χ0n) is 9.13. The highest BCUT2D eigenvalue weighted by Crippen LogP contribution is 2.18. The Morgan fingerprint density at radius 3 is 2.73 bits per heavy atom. The van der Waals surface area contributed by atoms with Gasteiger partial charge < -0.3 is 15.4 Å².